The van der Waals surface area contributed by atoms with Crippen molar-refractivity contribution in [3.8, 4) is 11.5 Å². The number of rotatable bonds is 6. The molecule has 6 heteroatoms. The van der Waals surface area contributed by atoms with E-state index in [-0.39, 0.29) is 6.17 Å². The van der Waals surface area contributed by atoms with Gasteiger partial charge in [-0.2, -0.15) is 0 Å². The van der Waals surface area contributed by atoms with E-state index >= 15 is 0 Å². The van der Waals surface area contributed by atoms with Crippen LogP contribution < -0.4 is 15.0 Å². The number of hydrogen-bond acceptors (Lipinski definition) is 4. The highest BCUT2D eigenvalue weighted by Gasteiger charge is 2.30. The first-order valence-corrected chi connectivity index (χ1v) is 12.0. The number of nitrogens with zero attached hydrogens (tertiary/aromatic N) is 2. The molecule has 5 rings (SSSR count). The normalized spacial score (nSPS) is 18.3. The standard InChI is InChI=1S/C26H27Cl2N3O/c27-22-12-11-21(18-23(22)28)32-20-8-6-7-19(17-20)26-29-24-9-2-3-10-25(24)31(26)16-15-30-13-4-1-5-14-30/h2-3,6-12,17-18,26,29H,1,4-5,13-16H2. The summed E-state index contributed by atoms with van der Waals surface area (Å²) in [5.74, 6) is 1.44. The molecule has 4 nitrogen and oxygen atoms in total. The predicted octanol–water partition coefficient (Wildman–Crippen LogP) is 7.20. The van der Waals surface area contributed by atoms with E-state index in [0.29, 0.717) is 15.8 Å². The topological polar surface area (TPSA) is 27.7 Å². The van der Waals surface area contributed by atoms with Crippen molar-refractivity contribution in [3.63, 3.8) is 0 Å². The Hall–Kier alpha value is -2.40. The summed E-state index contributed by atoms with van der Waals surface area (Å²) >= 11 is 12.2. The van der Waals surface area contributed by atoms with Gasteiger partial charge in [-0.3, -0.25) is 0 Å². The first-order chi connectivity index (χ1) is 15.7. The summed E-state index contributed by atoms with van der Waals surface area (Å²) in [6.07, 6.45) is 4.05. The van der Waals surface area contributed by atoms with Crippen molar-refractivity contribution in [3.05, 3.63) is 82.3 Å². The molecule has 166 valence electrons. The molecule has 0 amide bonds. The Morgan fingerprint density at radius 3 is 2.47 bits per heavy atom. The van der Waals surface area contributed by atoms with Crippen LogP contribution in [0.3, 0.4) is 0 Å². The van der Waals surface area contributed by atoms with Crippen molar-refractivity contribution in [2.75, 3.05) is 36.4 Å². The summed E-state index contributed by atoms with van der Waals surface area (Å²) in [7, 11) is 0. The summed E-state index contributed by atoms with van der Waals surface area (Å²) in [5, 5.41) is 4.71. The minimum absolute atomic E-state index is 0.0644. The molecule has 0 spiro atoms. The quantitative estimate of drug-likeness (QED) is 0.414. The summed E-state index contributed by atoms with van der Waals surface area (Å²) < 4.78 is 6.08. The zero-order valence-electron chi connectivity index (χ0n) is 17.9. The Morgan fingerprint density at radius 2 is 1.62 bits per heavy atom. The number of anilines is 2. The van der Waals surface area contributed by atoms with Crippen molar-refractivity contribution in [2.24, 2.45) is 0 Å². The monoisotopic (exact) mass is 467 g/mol. The Kier molecular flexibility index (Phi) is 6.44. The van der Waals surface area contributed by atoms with Gasteiger partial charge in [0.15, 0.2) is 0 Å². The fraction of sp³-hybridized carbons (Fsp3) is 0.308. The Morgan fingerprint density at radius 1 is 0.812 bits per heavy atom. The van der Waals surface area contributed by atoms with Crippen LogP contribution in [0, 0.1) is 0 Å². The molecule has 0 radical (unpaired) electrons. The van der Waals surface area contributed by atoms with Crippen LogP contribution in [0.5, 0.6) is 11.5 Å². The summed E-state index contributed by atoms with van der Waals surface area (Å²) in [6.45, 7) is 4.47. The highest BCUT2D eigenvalue weighted by atomic mass is 35.5. The van der Waals surface area contributed by atoms with E-state index in [1.807, 2.05) is 18.2 Å². The van der Waals surface area contributed by atoms with Gasteiger partial charge < -0.3 is 19.9 Å². The van der Waals surface area contributed by atoms with Crippen LogP contribution >= 0.6 is 23.2 Å². The van der Waals surface area contributed by atoms with Crippen molar-refractivity contribution in [1.29, 1.82) is 0 Å². The molecule has 1 saturated heterocycles. The lowest BCUT2D eigenvalue weighted by Crippen LogP contribution is -2.39. The molecule has 3 aromatic rings. The van der Waals surface area contributed by atoms with Crippen LogP contribution in [0.4, 0.5) is 11.4 Å². The van der Waals surface area contributed by atoms with E-state index in [4.69, 9.17) is 27.9 Å². The first kappa shape index (κ1) is 21.4. The van der Waals surface area contributed by atoms with Gasteiger partial charge in [0.2, 0.25) is 0 Å². The second-order valence-electron chi connectivity index (χ2n) is 8.41. The van der Waals surface area contributed by atoms with Gasteiger partial charge in [0.05, 0.1) is 21.4 Å². The number of nitrogens with one attached hydrogen (secondary N) is 1. The predicted molar refractivity (Wildman–Crippen MR) is 133 cm³/mol. The van der Waals surface area contributed by atoms with Gasteiger partial charge in [-0.05, 0) is 67.9 Å². The molecular formula is C26H27Cl2N3O. The van der Waals surface area contributed by atoms with Crippen LogP contribution in [0.1, 0.15) is 31.0 Å². The average Bonchev–Trinajstić information content (AvgIpc) is 3.20. The van der Waals surface area contributed by atoms with Crippen LogP contribution in [0.15, 0.2) is 66.7 Å². The molecule has 1 unspecified atom stereocenters. The van der Waals surface area contributed by atoms with Crippen LogP contribution in [0.25, 0.3) is 0 Å². The van der Waals surface area contributed by atoms with Crippen molar-refractivity contribution in [1.82, 2.24) is 4.90 Å². The fourth-order valence-corrected chi connectivity index (χ4v) is 4.87. The number of hydrogen-bond donors (Lipinski definition) is 1. The first-order valence-electron chi connectivity index (χ1n) is 11.2. The lowest BCUT2D eigenvalue weighted by molar-refractivity contribution is 0.232. The second kappa shape index (κ2) is 9.62. The smallest absolute Gasteiger partial charge is 0.129 e. The van der Waals surface area contributed by atoms with E-state index < -0.39 is 0 Å². The third-order valence-electron chi connectivity index (χ3n) is 6.22. The molecule has 1 fully saturated rings. The van der Waals surface area contributed by atoms with Crippen LogP contribution in [-0.2, 0) is 0 Å². The minimum Gasteiger partial charge on any atom is -0.457 e. The zero-order valence-corrected chi connectivity index (χ0v) is 19.4. The molecule has 0 aliphatic carbocycles. The minimum atomic E-state index is 0.0644. The maximum atomic E-state index is 6.15. The molecular weight excluding hydrogens is 441 g/mol. The lowest BCUT2D eigenvalue weighted by Gasteiger charge is -2.32. The van der Waals surface area contributed by atoms with E-state index in [1.54, 1.807) is 12.1 Å². The third kappa shape index (κ3) is 4.68. The number of halogens is 2. The second-order valence-corrected chi connectivity index (χ2v) is 9.22. The molecule has 0 aromatic heterocycles. The fourth-order valence-electron chi connectivity index (χ4n) is 4.58. The molecule has 3 aromatic carbocycles. The maximum absolute atomic E-state index is 6.15. The number of fused-ring (bicyclic) bond motifs is 1. The molecule has 2 heterocycles. The van der Waals surface area contributed by atoms with Gasteiger partial charge in [0.25, 0.3) is 0 Å². The van der Waals surface area contributed by atoms with E-state index in [2.05, 4.69) is 51.5 Å². The summed E-state index contributed by atoms with van der Waals surface area (Å²) in [4.78, 5) is 5.06. The van der Waals surface area contributed by atoms with E-state index in [1.165, 1.54) is 43.7 Å². The zero-order chi connectivity index (χ0) is 21.9. The number of benzene rings is 3. The van der Waals surface area contributed by atoms with Gasteiger partial charge in [-0.15, -0.1) is 0 Å². The molecule has 2 aliphatic heterocycles. The SMILES string of the molecule is Clc1ccc(Oc2cccc(C3Nc4ccccc4N3CCN3CCCCC3)c2)cc1Cl. The third-order valence-corrected chi connectivity index (χ3v) is 6.96. The van der Waals surface area contributed by atoms with Gasteiger partial charge in [0, 0.05) is 19.2 Å². The van der Waals surface area contributed by atoms with E-state index in [9.17, 15) is 0 Å². The van der Waals surface area contributed by atoms with Gasteiger partial charge in [0.1, 0.15) is 17.7 Å². The molecule has 1 N–H and O–H groups in total. The Balaban J connectivity index is 1.37. The number of ether oxygens (including phenoxy) is 1. The largest absolute Gasteiger partial charge is 0.457 e. The van der Waals surface area contributed by atoms with Crippen LogP contribution in [-0.4, -0.2) is 31.1 Å². The van der Waals surface area contributed by atoms with E-state index in [0.717, 1.165) is 24.4 Å². The molecule has 0 saturated carbocycles. The number of para-hydroxylation sites is 2. The lowest BCUT2D eigenvalue weighted by atomic mass is 10.1. The Labute approximate surface area is 199 Å². The van der Waals surface area contributed by atoms with Crippen molar-refractivity contribution >= 4 is 34.6 Å². The van der Waals surface area contributed by atoms with Gasteiger partial charge >= 0.3 is 0 Å². The average molecular weight is 468 g/mol. The molecule has 2 aliphatic rings. The van der Waals surface area contributed by atoms with Gasteiger partial charge in [-0.1, -0.05) is 53.9 Å². The van der Waals surface area contributed by atoms with Crippen LogP contribution in [0.2, 0.25) is 10.0 Å². The van der Waals surface area contributed by atoms with Crippen molar-refractivity contribution in [2.45, 2.75) is 25.4 Å². The number of piperidine rings is 1. The summed E-state index contributed by atoms with van der Waals surface area (Å²) in [6, 6.07) is 22.1. The van der Waals surface area contributed by atoms with Crippen molar-refractivity contribution < 1.29 is 4.74 Å². The highest BCUT2D eigenvalue weighted by molar-refractivity contribution is 6.42. The molecule has 1 atom stereocenters. The number of likely N-dealkylation sites (tertiary alicyclic amines) is 1. The Bertz CT molecular complexity index is 1080. The molecule has 0 bridgehead atoms. The highest BCUT2D eigenvalue weighted by Crippen LogP contribution is 2.41. The summed E-state index contributed by atoms with van der Waals surface area (Å²) in [5.41, 5.74) is 3.59. The van der Waals surface area contributed by atoms with Gasteiger partial charge in [-0.25, -0.2) is 0 Å². The molecule has 32 heavy (non-hydrogen) atoms. The maximum Gasteiger partial charge on any atom is 0.129 e.